The fraction of sp³-hybridized carbons (Fsp3) is 0.364. The Kier molecular flexibility index (Phi) is 4.81. The van der Waals surface area contributed by atoms with Crippen molar-refractivity contribution in [3.05, 3.63) is 28.8 Å². The number of rotatable bonds is 2. The highest BCUT2D eigenvalue weighted by atomic mass is 35.5. The van der Waals surface area contributed by atoms with Crippen molar-refractivity contribution in [1.29, 1.82) is 0 Å². The summed E-state index contributed by atoms with van der Waals surface area (Å²) in [7, 11) is 1.38. The fourth-order valence-corrected chi connectivity index (χ4v) is 1.89. The maximum absolute atomic E-state index is 13.7. The molecule has 1 aromatic rings. The van der Waals surface area contributed by atoms with Crippen LogP contribution in [0.1, 0.15) is 11.6 Å². The van der Waals surface area contributed by atoms with Gasteiger partial charge in [0.2, 0.25) is 0 Å². The number of hydrogen-bond acceptors (Lipinski definition) is 3. The summed E-state index contributed by atoms with van der Waals surface area (Å²) < 4.78 is 36.5. The van der Waals surface area contributed by atoms with E-state index in [1.165, 1.54) is 25.3 Å². The number of amides is 1. The molecule has 0 saturated carbocycles. The number of nitrogens with one attached hydrogen (secondary N) is 1. The van der Waals surface area contributed by atoms with Crippen LogP contribution < -0.4 is 10.1 Å². The van der Waals surface area contributed by atoms with Crippen molar-refractivity contribution in [3.8, 4) is 5.75 Å². The van der Waals surface area contributed by atoms with Gasteiger partial charge in [0.25, 0.3) is 0 Å². The number of hydrogen-bond donors (Lipinski definition) is 1. The summed E-state index contributed by atoms with van der Waals surface area (Å²) >= 11 is 5.81. The number of methoxy groups -OCH3 is 1. The predicted molar refractivity (Wildman–Crippen MR) is 67.4 cm³/mol. The largest absolute Gasteiger partial charge is 0.495 e. The minimum atomic E-state index is -3.19. The molecule has 8 heteroatoms. The van der Waals surface area contributed by atoms with E-state index < -0.39 is 24.7 Å². The third-order valence-corrected chi connectivity index (χ3v) is 2.90. The van der Waals surface area contributed by atoms with E-state index in [2.05, 4.69) is 10.1 Å². The first-order valence-electron chi connectivity index (χ1n) is 5.08. The summed E-state index contributed by atoms with van der Waals surface area (Å²) in [6.45, 7) is -0.950. The first kappa shape index (κ1) is 15.8. The van der Waals surface area contributed by atoms with Gasteiger partial charge in [-0.2, -0.15) is 0 Å². The zero-order valence-electron chi connectivity index (χ0n) is 9.78. The molecular formula is C11H11Cl2F2NO3. The lowest BCUT2D eigenvalue weighted by atomic mass is 10.00. The van der Waals surface area contributed by atoms with Crippen molar-refractivity contribution in [3.63, 3.8) is 0 Å². The van der Waals surface area contributed by atoms with Crippen molar-refractivity contribution >= 4 is 30.1 Å². The van der Waals surface area contributed by atoms with Gasteiger partial charge in [0.1, 0.15) is 11.8 Å². The van der Waals surface area contributed by atoms with E-state index in [-0.39, 0.29) is 23.7 Å². The van der Waals surface area contributed by atoms with Gasteiger partial charge in [-0.25, -0.2) is 13.6 Å². The smallest absolute Gasteiger partial charge is 0.408 e. The summed E-state index contributed by atoms with van der Waals surface area (Å²) in [5, 5.41) is 2.39. The Labute approximate surface area is 119 Å². The molecule has 0 aliphatic carbocycles. The summed E-state index contributed by atoms with van der Waals surface area (Å²) in [5.74, 6) is -2.92. The van der Waals surface area contributed by atoms with Crippen molar-refractivity contribution in [2.24, 2.45) is 0 Å². The van der Waals surface area contributed by atoms with E-state index in [0.717, 1.165) is 0 Å². The van der Waals surface area contributed by atoms with Crippen LogP contribution in [0.3, 0.4) is 0 Å². The van der Waals surface area contributed by atoms with E-state index in [1.807, 2.05) is 0 Å². The molecule has 0 aromatic heterocycles. The minimum Gasteiger partial charge on any atom is -0.495 e. The van der Waals surface area contributed by atoms with Crippen LogP contribution in [-0.4, -0.2) is 25.7 Å². The van der Waals surface area contributed by atoms with E-state index in [0.29, 0.717) is 5.02 Å². The lowest BCUT2D eigenvalue weighted by Crippen LogP contribution is -2.49. The SMILES string of the molecule is COc1cc([C@H]2NC(=O)OCC2(F)F)ccc1Cl.Cl. The zero-order valence-corrected chi connectivity index (χ0v) is 11.4. The Hall–Kier alpha value is -1.27. The van der Waals surface area contributed by atoms with Crippen LogP contribution >= 0.6 is 24.0 Å². The average Bonchev–Trinajstić information content (AvgIpc) is 2.33. The lowest BCUT2D eigenvalue weighted by Gasteiger charge is -2.32. The summed E-state index contributed by atoms with van der Waals surface area (Å²) in [6.07, 6.45) is -0.875. The van der Waals surface area contributed by atoms with Crippen molar-refractivity contribution in [2.45, 2.75) is 12.0 Å². The highest BCUT2D eigenvalue weighted by Crippen LogP contribution is 2.37. The topological polar surface area (TPSA) is 47.6 Å². The van der Waals surface area contributed by atoms with Gasteiger partial charge in [-0.05, 0) is 17.7 Å². The number of halogens is 4. The molecule has 0 bridgehead atoms. The van der Waals surface area contributed by atoms with Crippen LogP contribution in [0, 0.1) is 0 Å². The first-order valence-corrected chi connectivity index (χ1v) is 5.46. The number of alkyl carbamates (subject to hydrolysis) is 1. The van der Waals surface area contributed by atoms with Crippen LogP contribution in [0.25, 0.3) is 0 Å². The molecule has 1 N–H and O–H groups in total. The Balaban J connectivity index is 0.00000180. The third kappa shape index (κ3) is 3.19. The van der Waals surface area contributed by atoms with E-state index >= 15 is 0 Å². The predicted octanol–water partition coefficient (Wildman–Crippen LogP) is 3.19. The molecule has 1 aliphatic heterocycles. The second-order valence-corrected chi connectivity index (χ2v) is 4.22. The molecule has 19 heavy (non-hydrogen) atoms. The molecule has 0 spiro atoms. The minimum absolute atomic E-state index is 0. The maximum Gasteiger partial charge on any atom is 0.408 e. The van der Waals surface area contributed by atoms with Crippen LogP contribution in [0.2, 0.25) is 5.02 Å². The lowest BCUT2D eigenvalue weighted by molar-refractivity contribution is -0.104. The molecule has 0 unspecified atom stereocenters. The number of benzene rings is 1. The van der Waals surface area contributed by atoms with Gasteiger partial charge < -0.3 is 14.8 Å². The van der Waals surface area contributed by atoms with E-state index in [1.54, 1.807) is 0 Å². The highest BCUT2D eigenvalue weighted by molar-refractivity contribution is 6.32. The van der Waals surface area contributed by atoms with Crippen LogP contribution in [0.4, 0.5) is 13.6 Å². The molecule has 1 saturated heterocycles. The number of carbonyl (C=O) groups excluding carboxylic acids is 1. The van der Waals surface area contributed by atoms with Gasteiger partial charge in [-0.1, -0.05) is 17.7 Å². The second-order valence-electron chi connectivity index (χ2n) is 3.81. The molecular weight excluding hydrogens is 303 g/mol. The average molecular weight is 314 g/mol. The monoisotopic (exact) mass is 313 g/mol. The Morgan fingerprint density at radius 3 is 2.84 bits per heavy atom. The fourth-order valence-electron chi connectivity index (χ4n) is 1.69. The van der Waals surface area contributed by atoms with Gasteiger partial charge in [0.15, 0.2) is 6.61 Å². The van der Waals surface area contributed by atoms with Gasteiger partial charge in [0.05, 0.1) is 12.1 Å². The number of ether oxygens (including phenoxy) is 2. The van der Waals surface area contributed by atoms with Gasteiger partial charge in [-0.3, -0.25) is 0 Å². The Morgan fingerprint density at radius 2 is 2.21 bits per heavy atom. The van der Waals surface area contributed by atoms with Crippen LogP contribution in [-0.2, 0) is 4.74 Å². The summed E-state index contributed by atoms with van der Waals surface area (Å²) in [6, 6.07) is 2.76. The molecule has 1 atom stereocenters. The Morgan fingerprint density at radius 1 is 1.53 bits per heavy atom. The van der Waals surface area contributed by atoms with Crippen molar-refractivity contribution in [2.75, 3.05) is 13.7 Å². The Bertz CT molecular complexity index is 485. The van der Waals surface area contributed by atoms with Crippen molar-refractivity contribution < 1.29 is 23.0 Å². The van der Waals surface area contributed by atoms with Gasteiger partial charge in [-0.15, -0.1) is 12.4 Å². The van der Waals surface area contributed by atoms with E-state index in [4.69, 9.17) is 16.3 Å². The molecule has 1 aromatic carbocycles. The summed E-state index contributed by atoms with van der Waals surface area (Å²) in [4.78, 5) is 11.0. The quantitative estimate of drug-likeness (QED) is 0.912. The van der Waals surface area contributed by atoms with Crippen LogP contribution in [0.5, 0.6) is 5.75 Å². The molecule has 4 nitrogen and oxygen atoms in total. The molecule has 1 amide bonds. The first-order chi connectivity index (χ1) is 8.44. The van der Waals surface area contributed by atoms with Gasteiger partial charge >= 0.3 is 12.0 Å². The van der Waals surface area contributed by atoms with Crippen LogP contribution in [0.15, 0.2) is 18.2 Å². The molecule has 0 radical (unpaired) electrons. The summed E-state index contributed by atoms with van der Waals surface area (Å²) in [5.41, 5.74) is 0.206. The number of cyclic esters (lactones) is 1. The molecule has 106 valence electrons. The standard InChI is InChI=1S/C11H10ClF2NO3.ClH/c1-17-8-4-6(2-3-7(8)12)9-11(13,14)5-18-10(16)15-9;/h2-4,9H,5H2,1H3,(H,15,16);1H/t9-;/m1./s1. The van der Waals surface area contributed by atoms with Gasteiger partial charge in [0, 0.05) is 0 Å². The third-order valence-electron chi connectivity index (χ3n) is 2.59. The normalized spacial score (nSPS) is 20.8. The maximum atomic E-state index is 13.7. The van der Waals surface area contributed by atoms with E-state index in [9.17, 15) is 13.6 Å². The molecule has 1 fully saturated rings. The molecule has 1 aliphatic rings. The highest BCUT2D eigenvalue weighted by Gasteiger charge is 2.46. The second kappa shape index (κ2) is 5.79. The van der Waals surface area contributed by atoms with Crippen molar-refractivity contribution in [1.82, 2.24) is 5.32 Å². The number of alkyl halides is 2. The molecule has 1 heterocycles. The molecule has 2 rings (SSSR count). The number of carbonyl (C=O) groups is 1. The zero-order chi connectivity index (χ0) is 13.3.